The molecule has 1 amide bonds. The Morgan fingerprint density at radius 1 is 1.19 bits per heavy atom. The fraction of sp³-hybridized carbons (Fsp3) is 0.0625. The minimum absolute atomic E-state index is 0.264. The first-order chi connectivity index (χ1) is 10.1. The van der Waals surface area contributed by atoms with Crippen LogP contribution in [0, 0.1) is 6.92 Å². The molecule has 1 aromatic heterocycles. The molecule has 5 heteroatoms. The van der Waals surface area contributed by atoms with Gasteiger partial charge in [0.15, 0.2) is 5.96 Å². The normalized spacial score (nSPS) is 11.0. The summed E-state index contributed by atoms with van der Waals surface area (Å²) in [7, 11) is 0. The topological polar surface area (TPSA) is 94.4 Å². The molecule has 106 valence electrons. The number of amides is 1. The molecule has 0 spiro atoms. The molecule has 0 aliphatic carbocycles. The van der Waals surface area contributed by atoms with Crippen molar-refractivity contribution in [2.75, 3.05) is 0 Å². The molecule has 0 unspecified atom stereocenters. The largest absolute Gasteiger partial charge is 0.370 e. The third kappa shape index (κ3) is 3.76. The zero-order chi connectivity index (χ0) is 15.2. The van der Waals surface area contributed by atoms with E-state index in [1.165, 1.54) is 0 Å². The Bertz CT molecular complexity index is 701. The highest BCUT2D eigenvalue weighted by atomic mass is 16.1. The van der Waals surface area contributed by atoms with Crippen molar-refractivity contribution in [1.82, 2.24) is 4.98 Å². The van der Waals surface area contributed by atoms with E-state index in [2.05, 4.69) is 9.98 Å². The van der Waals surface area contributed by atoms with Crippen molar-refractivity contribution in [3.05, 3.63) is 65.5 Å². The van der Waals surface area contributed by atoms with Crippen LogP contribution in [0.4, 0.5) is 0 Å². The fourth-order valence-corrected chi connectivity index (χ4v) is 1.87. The molecule has 0 radical (unpaired) electrons. The maximum Gasteiger partial charge on any atom is 0.280 e. The van der Waals surface area contributed by atoms with E-state index in [0.29, 0.717) is 11.1 Å². The fourth-order valence-electron chi connectivity index (χ4n) is 1.87. The van der Waals surface area contributed by atoms with Crippen LogP contribution in [0.3, 0.4) is 0 Å². The first-order valence-electron chi connectivity index (χ1n) is 6.39. The monoisotopic (exact) mass is 280 g/mol. The summed E-state index contributed by atoms with van der Waals surface area (Å²) in [6.07, 6.45) is 5.01. The van der Waals surface area contributed by atoms with Crippen LogP contribution in [0.15, 0.2) is 53.8 Å². The van der Waals surface area contributed by atoms with Crippen LogP contribution >= 0.6 is 0 Å². The number of carbonyl (C=O) groups excluding carboxylic acids is 1. The predicted molar refractivity (Wildman–Crippen MR) is 84.1 cm³/mol. The van der Waals surface area contributed by atoms with Crippen LogP contribution in [-0.2, 0) is 4.79 Å². The van der Waals surface area contributed by atoms with Gasteiger partial charge < -0.3 is 11.5 Å². The number of nitrogens with two attached hydrogens (primary N) is 2. The summed E-state index contributed by atoms with van der Waals surface area (Å²) in [5.41, 5.74) is 13.6. The van der Waals surface area contributed by atoms with Crippen molar-refractivity contribution in [3.63, 3.8) is 0 Å². The summed E-state index contributed by atoms with van der Waals surface area (Å²) in [5, 5.41) is 0. The van der Waals surface area contributed by atoms with Gasteiger partial charge >= 0.3 is 0 Å². The molecule has 1 heterocycles. The molecule has 2 rings (SSSR count). The Kier molecular flexibility index (Phi) is 4.46. The molecule has 21 heavy (non-hydrogen) atoms. The molecule has 0 saturated heterocycles. The SMILES string of the molecule is Cc1ccccc1/C=C(/C(=O)N=C(N)N)c1cccnc1. The van der Waals surface area contributed by atoms with E-state index in [1.807, 2.05) is 31.2 Å². The van der Waals surface area contributed by atoms with E-state index in [9.17, 15) is 4.79 Å². The van der Waals surface area contributed by atoms with Crippen LogP contribution in [0.5, 0.6) is 0 Å². The Labute approximate surface area is 123 Å². The maximum absolute atomic E-state index is 12.2. The molecule has 0 aliphatic heterocycles. The summed E-state index contributed by atoms with van der Waals surface area (Å²) in [6.45, 7) is 1.97. The maximum atomic E-state index is 12.2. The summed E-state index contributed by atoms with van der Waals surface area (Å²) >= 11 is 0. The Morgan fingerprint density at radius 3 is 2.57 bits per heavy atom. The van der Waals surface area contributed by atoms with Gasteiger partial charge in [-0.05, 0) is 30.2 Å². The quantitative estimate of drug-likeness (QED) is 0.508. The van der Waals surface area contributed by atoms with Gasteiger partial charge in [0.05, 0.1) is 5.57 Å². The number of aryl methyl sites for hydroxylation is 1. The van der Waals surface area contributed by atoms with Crippen molar-refractivity contribution in [2.24, 2.45) is 16.5 Å². The summed E-state index contributed by atoms with van der Waals surface area (Å²) in [5.74, 6) is -0.758. The van der Waals surface area contributed by atoms with Crippen LogP contribution in [0.2, 0.25) is 0 Å². The van der Waals surface area contributed by atoms with Crippen molar-refractivity contribution in [3.8, 4) is 0 Å². The van der Waals surface area contributed by atoms with Gasteiger partial charge in [-0.15, -0.1) is 0 Å². The van der Waals surface area contributed by atoms with Crippen LogP contribution in [0.1, 0.15) is 16.7 Å². The zero-order valence-corrected chi connectivity index (χ0v) is 11.7. The molecule has 0 fully saturated rings. The molecular formula is C16H16N4O. The smallest absolute Gasteiger partial charge is 0.280 e. The van der Waals surface area contributed by atoms with Crippen LogP contribution < -0.4 is 11.5 Å². The second kappa shape index (κ2) is 6.47. The van der Waals surface area contributed by atoms with Gasteiger partial charge in [0.1, 0.15) is 0 Å². The van der Waals surface area contributed by atoms with Gasteiger partial charge in [0.25, 0.3) is 5.91 Å². The van der Waals surface area contributed by atoms with Gasteiger partial charge in [-0.3, -0.25) is 9.78 Å². The van der Waals surface area contributed by atoms with Crippen molar-refractivity contribution < 1.29 is 4.79 Å². The molecule has 1 aromatic carbocycles. The number of hydrogen-bond acceptors (Lipinski definition) is 2. The van der Waals surface area contributed by atoms with Gasteiger partial charge in [-0.2, -0.15) is 4.99 Å². The second-order valence-corrected chi connectivity index (χ2v) is 4.50. The number of rotatable bonds is 3. The third-order valence-electron chi connectivity index (χ3n) is 2.92. The lowest BCUT2D eigenvalue weighted by atomic mass is 10.0. The van der Waals surface area contributed by atoms with Gasteiger partial charge in [-0.25, -0.2) is 0 Å². The molecule has 4 N–H and O–H groups in total. The second-order valence-electron chi connectivity index (χ2n) is 4.50. The van der Waals surface area contributed by atoms with Crippen LogP contribution in [0.25, 0.3) is 11.6 Å². The number of aromatic nitrogens is 1. The van der Waals surface area contributed by atoms with Crippen LogP contribution in [-0.4, -0.2) is 16.9 Å². The van der Waals surface area contributed by atoms with E-state index in [0.717, 1.165) is 11.1 Å². The highest BCUT2D eigenvalue weighted by Crippen LogP contribution is 2.20. The molecule has 0 saturated carbocycles. The molecule has 0 bridgehead atoms. The molecule has 0 atom stereocenters. The summed E-state index contributed by atoms with van der Waals surface area (Å²) in [4.78, 5) is 19.9. The summed E-state index contributed by atoms with van der Waals surface area (Å²) < 4.78 is 0. The van der Waals surface area contributed by atoms with Crippen molar-refractivity contribution in [1.29, 1.82) is 0 Å². The van der Waals surface area contributed by atoms with Crippen molar-refractivity contribution in [2.45, 2.75) is 6.92 Å². The van der Waals surface area contributed by atoms with E-state index in [4.69, 9.17) is 11.5 Å². The lowest BCUT2D eigenvalue weighted by Gasteiger charge is -2.06. The van der Waals surface area contributed by atoms with Crippen molar-refractivity contribution >= 4 is 23.5 Å². The van der Waals surface area contributed by atoms with E-state index in [1.54, 1.807) is 30.6 Å². The standard InChI is InChI=1S/C16H16N4O/c1-11-5-2-3-6-12(11)9-14(15(21)20-16(17)18)13-7-4-8-19-10-13/h2-10H,1H3,(H4,17,18,20,21)/b14-9+. The number of carbonyl (C=O) groups is 1. The van der Waals surface area contributed by atoms with E-state index in [-0.39, 0.29) is 5.96 Å². The van der Waals surface area contributed by atoms with E-state index >= 15 is 0 Å². The Hall–Kier alpha value is -2.95. The number of guanidine groups is 1. The number of pyridine rings is 1. The Balaban J connectivity index is 2.54. The average Bonchev–Trinajstić information content (AvgIpc) is 2.46. The highest BCUT2D eigenvalue weighted by molar-refractivity contribution is 6.26. The zero-order valence-electron chi connectivity index (χ0n) is 11.7. The predicted octanol–water partition coefficient (Wildman–Crippen LogP) is 1.73. The molecule has 2 aromatic rings. The average molecular weight is 280 g/mol. The highest BCUT2D eigenvalue weighted by Gasteiger charge is 2.12. The minimum Gasteiger partial charge on any atom is -0.370 e. The van der Waals surface area contributed by atoms with Gasteiger partial charge in [0, 0.05) is 18.0 Å². The van der Waals surface area contributed by atoms with E-state index < -0.39 is 5.91 Å². The number of benzene rings is 1. The molecule has 0 aliphatic rings. The summed E-state index contributed by atoms with van der Waals surface area (Å²) in [6, 6.07) is 11.3. The molecule has 5 nitrogen and oxygen atoms in total. The first-order valence-corrected chi connectivity index (χ1v) is 6.39. The first kappa shape index (κ1) is 14.5. The Morgan fingerprint density at radius 2 is 1.95 bits per heavy atom. The minimum atomic E-state index is -0.494. The molecular weight excluding hydrogens is 264 g/mol. The third-order valence-corrected chi connectivity index (χ3v) is 2.92. The number of aliphatic imine (C=N–C) groups is 1. The van der Waals surface area contributed by atoms with Gasteiger partial charge in [-0.1, -0.05) is 30.3 Å². The lowest BCUT2D eigenvalue weighted by Crippen LogP contribution is -2.24. The number of nitrogens with zero attached hydrogens (tertiary/aromatic N) is 2. The number of hydrogen-bond donors (Lipinski definition) is 2. The van der Waals surface area contributed by atoms with Gasteiger partial charge in [0.2, 0.25) is 0 Å². The lowest BCUT2D eigenvalue weighted by molar-refractivity contribution is -0.112.